The van der Waals surface area contributed by atoms with Gasteiger partial charge in [-0.2, -0.15) is 5.10 Å². The van der Waals surface area contributed by atoms with Crippen LogP contribution in [0.1, 0.15) is 58.6 Å². The van der Waals surface area contributed by atoms with Gasteiger partial charge in [-0.3, -0.25) is 4.79 Å². The molecular formula is C23H32N4O4. The van der Waals surface area contributed by atoms with Crippen LogP contribution < -0.4 is 15.1 Å². The van der Waals surface area contributed by atoms with Gasteiger partial charge in [0.1, 0.15) is 24.0 Å². The summed E-state index contributed by atoms with van der Waals surface area (Å²) in [6.07, 6.45) is -0.262. The van der Waals surface area contributed by atoms with E-state index in [0.717, 1.165) is 17.0 Å². The number of aryl methyl sites for hydroxylation is 1. The number of hydrazone groups is 1. The molecule has 2 amide bonds. The molecule has 3 aliphatic rings. The predicted molar refractivity (Wildman–Crippen MR) is 119 cm³/mol. The van der Waals surface area contributed by atoms with Crippen LogP contribution >= 0.6 is 0 Å². The van der Waals surface area contributed by atoms with Crippen molar-refractivity contribution in [3.8, 4) is 5.75 Å². The Hall–Kier alpha value is -2.77. The molecule has 0 saturated carbocycles. The van der Waals surface area contributed by atoms with Gasteiger partial charge in [-0.05, 0) is 63.8 Å². The number of nitrogens with one attached hydrogen (secondary N) is 1. The van der Waals surface area contributed by atoms with Crippen molar-refractivity contribution in [3.63, 3.8) is 0 Å². The van der Waals surface area contributed by atoms with E-state index in [9.17, 15) is 9.59 Å². The van der Waals surface area contributed by atoms with Gasteiger partial charge < -0.3 is 19.3 Å². The van der Waals surface area contributed by atoms with Crippen LogP contribution in [0.4, 0.5) is 10.5 Å². The van der Waals surface area contributed by atoms with Crippen LogP contribution in [0.25, 0.3) is 0 Å². The number of hydrogen-bond donors (Lipinski definition) is 1. The average Bonchev–Trinajstić information content (AvgIpc) is 2.65. The fraction of sp³-hybridized carbons (Fsp3) is 0.609. The third-order valence-electron chi connectivity index (χ3n) is 6.57. The zero-order chi connectivity index (χ0) is 22.7. The number of anilines is 1. The minimum Gasteiger partial charge on any atom is -0.483 e. The van der Waals surface area contributed by atoms with E-state index in [1.807, 2.05) is 38.7 Å². The van der Waals surface area contributed by atoms with Gasteiger partial charge in [0.15, 0.2) is 5.84 Å². The molecule has 1 saturated heterocycles. The summed E-state index contributed by atoms with van der Waals surface area (Å²) in [5.74, 6) is 1.54. The van der Waals surface area contributed by atoms with Gasteiger partial charge in [-0.1, -0.05) is 13.8 Å². The van der Waals surface area contributed by atoms with Crippen molar-refractivity contribution < 1.29 is 19.1 Å². The molecule has 31 heavy (non-hydrogen) atoms. The normalized spacial score (nSPS) is 22.9. The molecule has 1 aromatic carbocycles. The summed E-state index contributed by atoms with van der Waals surface area (Å²) in [5.41, 5.74) is 5.19. The van der Waals surface area contributed by atoms with E-state index < -0.39 is 5.60 Å². The Kier molecular flexibility index (Phi) is 4.94. The van der Waals surface area contributed by atoms with Gasteiger partial charge in [-0.15, -0.1) is 0 Å². The molecular weight excluding hydrogens is 396 g/mol. The highest BCUT2D eigenvalue weighted by molar-refractivity contribution is 6.09. The first kappa shape index (κ1) is 21.5. The molecule has 0 bridgehead atoms. The number of benzene rings is 1. The van der Waals surface area contributed by atoms with Crippen molar-refractivity contribution >= 4 is 23.5 Å². The van der Waals surface area contributed by atoms with E-state index in [1.165, 1.54) is 5.56 Å². The average molecular weight is 429 g/mol. The number of fused-ring (bicyclic) bond motifs is 3. The monoisotopic (exact) mass is 428 g/mol. The first-order valence-electron chi connectivity index (χ1n) is 10.8. The fourth-order valence-electron chi connectivity index (χ4n) is 4.59. The second-order valence-electron chi connectivity index (χ2n) is 10.2. The molecule has 1 aromatic rings. The fourth-order valence-corrected chi connectivity index (χ4v) is 4.59. The second-order valence-corrected chi connectivity index (χ2v) is 10.2. The molecule has 0 radical (unpaired) electrons. The lowest BCUT2D eigenvalue weighted by atomic mass is 9.68. The predicted octanol–water partition coefficient (Wildman–Crippen LogP) is 3.39. The number of amidine groups is 1. The summed E-state index contributed by atoms with van der Waals surface area (Å²) >= 11 is 0. The molecule has 0 aromatic heterocycles. The standard InChI is InChI=1S/C23H32N4O4/c1-13-8-18-17(27-15(3)20(28)25-24-19(27)10-30-18)9-16(13)14(2)23(7)11-26(12-23)21(29)31-22(4,5)6/h8-9,14-15H,10-12H2,1-7H3,(H,25,28)/t14?,15-/m1/s1. The summed E-state index contributed by atoms with van der Waals surface area (Å²) in [6.45, 7) is 15.6. The number of nitrogens with zero attached hydrogens (tertiary/aromatic N) is 3. The first-order valence-corrected chi connectivity index (χ1v) is 10.8. The zero-order valence-electron chi connectivity index (χ0n) is 19.4. The van der Waals surface area contributed by atoms with Crippen LogP contribution in [-0.4, -0.2) is 54.1 Å². The third-order valence-corrected chi connectivity index (χ3v) is 6.57. The molecule has 2 atom stereocenters. The molecule has 3 aliphatic heterocycles. The first-order chi connectivity index (χ1) is 14.4. The second kappa shape index (κ2) is 7.14. The summed E-state index contributed by atoms with van der Waals surface area (Å²) in [5, 5.41) is 4.17. The smallest absolute Gasteiger partial charge is 0.410 e. The van der Waals surface area contributed by atoms with E-state index >= 15 is 0 Å². The summed E-state index contributed by atoms with van der Waals surface area (Å²) in [4.78, 5) is 28.3. The topological polar surface area (TPSA) is 83.5 Å². The number of rotatable bonds is 2. The molecule has 4 rings (SSSR count). The molecule has 1 unspecified atom stereocenters. The Labute approximate surface area is 183 Å². The highest BCUT2D eigenvalue weighted by Gasteiger charge is 2.47. The SMILES string of the molecule is Cc1cc2c(cc1C(C)C1(C)CN(C(=O)OC(C)(C)C)C1)N1C(=NNC(=O)[C@H]1C)CO2. The number of ether oxygens (including phenoxy) is 2. The van der Waals surface area contributed by atoms with Crippen molar-refractivity contribution in [2.45, 2.75) is 66.0 Å². The molecule has 0 aliphatic carbocycles. The number of carbonyl (C=O) groups excluding carboxylic acids is 2. The van der Waals surface area contributed by atoms with Gasteiger partial charge in [0.2, 0.25) is 0 Å². The maximum Gasteiger partial charge on any atom is 0.410 e. The largest absolute Gasteiger partial charge is 0.483 e. The van der Waals surface area contributed by atoms with Gasteiger partial charge in [0.25, 0.3) is 5.91 Å². The number of carbonyl (C=O) groups is 2. The maximum atomic E-state index is 12.4. The minimum absolute atomic E-state index is 0.0623. The Morgan fingerprint density at radius 1 is 1.35 bits per heavy atom. The highest BCUT2D eigenvalue weighted by atomic mass is 16.6. The van der Waals surface area contributed by atoms with Gasteiger partial charge in [0.05, 0.1) is 5.69 Å². The quantitative estimate of drug-likeness (QED) is 0.781. The Balaban J connectivity index is 1.59. The highest BCUT2D eigenvalue weighted by Crippen LogP contribution is 2.47. The Bertz CT molecular complexity index is 959. The van der Waals surface area contributed by atoms with Crippen LogP contribution in [0.2, 0.25) is 0 Å². The van der Waals surface area contributed by atoms with Crippen molar-refractivity contribution in [3.05, 3.63) is 23.3 Å². The summed E-state index contributed by atoms with van der Waals surface area (Å²) < 4.78 is 11.4. The number of hydrogen-bond acceptors (Lipinski definition) is 6. The number of likely N-dealkylation sites (tertiary alicyclic amines) is 1. The minimum atomic E-state index is -0.500. The van der Waals surface area contributed by atoms with Crippen LogP contribution in [-0.2, 0) is 9.53 Å². The van der Waals surface area contributed by atoms with E-state index in [-0.39, 0.29) is 29.4 Å². The van der Waals surface area contributed by atoms with Crippen molar-refractivity contribution in [2.75, 3.05) is 24.6 Å². The van der Waals surface area contributed by atoms with Crippen LogP contribution in [0.3, 0.4) is 0 Å². The summed E-state index contributed by atoms with van der Waals surface area (Å²) in [7, 11) is 0. The lowest BCUT2D eigenvalue weighted by Gasteiger charge is -2.51. The van der Waals surface area contributed by atoms with Crippen molar-refractivity contribution in [1.82, 2.24) is 10.3 Å². The molecule has 168 valence electrons. The maximum absolute atomic E-state index is 12.4. The molecule has 1 fully saturated rings. The summed E-state index contributed by atoms with van der Waals surface area (Å²) in [6, 6.07) is 3.81. The van der Waals surface area contributed by atoms with Crippen LogP contribution in [0.15, 0.2) is 17.2 Å². The van der Waals surface area contributed by atoms with Gasteiger partial charge in [0, 0.05) is 18.5 Å². The van der Waals surface area contributed by atoms with Crippen LogP contribution in [0.5, 0.6) is 5.75 Å². The van der Waals surface area contributed by atoms with Crippen molar-refractivity contribution in [2.24, 2.45) is 10.5 Å². The van der Waals surface area contributed by atoms with Crippen molar-refractivity contribution in [1.29, 1.82) is 0 Å². The van der Waals surface area contributed by atoms with E-state index in [0.29, 0.717) is 25.5 Å². The van der Waals surface area contributed by atoms with E-state index in [1.54, 1.807) is 4.90 Å². The number of amides is 2. The molecule has 0 spiro atoms. The lowest BCUT2D eigenvalue weighted by Crippen LogP contribution is -2.60. The van der Waals surface area contributed by atoms with Crippen LogP contribution in [0, 0.1) is 12.3 Å². The lowest BCUT2D eigenvalue weighted by molar-refractivity contribution is -0.122. The molecule has 8 nitrogen and oxygen atoms in total. The Morgan fingerprint density at radius 2 is 2.03 bits per heavy atom. The molecule has 8 heteroatoms. The van der Waals surface area contributed by atoms with Gasteiger partial charge >= 0.3 is 6.09 Å². The molecule has 3 heterocycles. The molecule has 1 N–H and O–H groups in total. The Morgan fingerprint density at radius 3 is 2.68 bits per heavy atom. The zero-order valence-corrected chi connectivity index (χ0v) is 19.4. The van der Waals surface area contributed by atoms with Gasteiger partial charge in [-0.25, -0.2) is 10.2 Å². The third kappa shape index (κ3) is 3.72. The van der Waals surface area contributed by atoms with E-state index in [4.69, 9.17) is 9.47 Å². The van der Waals surface area contributed by atoms with E-state index in [2.05, 4.69) is 37.4 Å².